The van der Waals surface area contributed by atoms with Gasteiger partial charge in [0.05, 0.1) is 23.3 Å². The number of nitrogens with zero attached hydrogens (tertiary/aromatic N) is 3. The van der Waals surface area contributed by atoms with Gasteiger partial charge in [-0.3, -0.25) is 4.79 Å². The fraction of sp³-hybridized carbons (Fsp3) is 0.136. The number of aromatic nitrogens is 1. The summed E-state index contributed by atoms with van der Waals surface area (Å²) in [6.07, 6.45) is 0. The van der Waals surface area contributed by atoms with E-state index in [0.29, 0.717) is 17.1 Å². The molecule has 0 spiro atoms. The summed E-state index contributed by atoms with van der Waals surface area (Å²) in [6, 6.07) is 18.1. The third kappa shape index (κ3) is 3.78. The molecule has 3 heterocycles. The molecule has 1 aliphatic heterocycles. The molecule has 2 aromatic carbocycles. The first-order valence-electron chi connectivity index (χ1n) is 9.77. The molecule has 0 fully saturated rings. The van der Waals surface area contributed by atoms with Crippen molar-refractivity contribution in [2.45, 2.75) is 11.4 Å². The topological polar surface area (TPSA) is 105 Å². The summed E-state index contributed by atoms with van der Waals surface area (Å²) in [5.74, 6) is 1.22. The monoisotopic (exact) mass is 466 g/mol. The second-order valence-corrected chi connectivity index (χ2v) is 9.87. The van der Waals surface area contributed by atoms with Gasteiger partial charge in [-0.1, -0.05) is 24.3 Å². The van der Waals surface area contributed by atoms with Gasteiger partial charge in [-0.05, 0) is 36.4 Å². The Morgan fingerprint density at radius 2 is 1.88 bits per heavy atom. The van der Waals surface area contributed by atoms with Crippen molar-refractivity contribution in [1.82, 2.24) is 15.2 Å². The molecular weight excluding hydrogens is 448 g/mol. The molecular formula is C22H18N4O4S2. The summed E-state index contributed by atoms with van der Waals surface area (Å²) in [5, 5.41) is 3.57. The van der Waals surface area contributed by atoms with E-state index in [1.165, 1.54) is 11.0 Å². The molecule has 0 atom stereocenters. The minimum absolute atomic E-state index is 0.0475. The second kappa shape index (κ2) is 7.88. The number of rotatable bonds is 5. The Hall–Kier alpha value is -3.50. The van der Waals surface area contributed by atoms with Crippen LogP contribution in [0.1, 0.15) is 11.3 Å². The van der Waals surface area contributed by atoms with E-state index in [9.17, 15) is 13.2 Å². The van der Waals surface area contributed by atoms with E-state index in [4.69, 9.17) is 4.42 Å². The number of thiazole rings is 1. The minimum Gasteiger partial charge on any atom is -0.457 e. The summed E-state index contributed by atoms with van der Waals surface area (Å²) in [7, 11) is -2.10. The lowest BCUT2D eigenvalue weighted by Crippen LogP contribution is -2.38. The normalized spacial score (nSPS) is 14.2. The Kier molecular flexibility index (Phi) is 5.03. The zero-order chi connectivity index (χ0) is 22.3. The largest absolute Gasteiger partial charge is 0.457 e. The van der Waals surface area contributed by atoms with Gasteiger partial charge in [0.1, 0.15) is 10.7 Å². The van der Waals surface area contributed by atoms with Crippen molar-refractivity contribution in [3.63, 3.8) is 0 Å². The number of amidine groups is 1. The molecule has 0 aliphatic carbocycles. The van der Waals surface area contributed by atoms with Crippen LogP contribution in [-0.2, 0) is 21.4 Å². The van der Waals surface area contributed by atoms with Gasteiger partial charge in [0.15, 0.2) is 16.6 Å². The maximum atomic E-state index is 12.4. The quantitative estimate of drug-likeness (QED) is 0.484. The summed E-state index contributed by atoms with van der Waals surface area (Å²) in [4.78, 5) is 18.7. The number of carbonyl (C=O) groups is 1. The third-order valence-corrected chi connectivity index (χ3v) is 7.36. The third-order valence-electron chi connectivity index (χ3n) is 4.98. The fourth-order valence-electron chi connectivity index (χ4n) is 3.46. The number of benzene rings is 2. The summed E-state index contributed by atoms with van der Waals surface area (Å²) in [5.41, 5.74) is 1.41. The smallest absolute Gasteiger partial charge is 0.285 e. The SMILES string of the molecule is CN(CC(=O)NCc1ccc(-c2nc3ccccc3s2)o1)C1=NS(=O)(=O)c2ccccc21. The van der Waals surface area contributed by atoms with Crippen molar-refractivity contribution < 1.29 is 17.6 Å². The highest BCUT2D eigenvalue weighted by atomic mass is 32.2. The number of fused-ring (bicyclic) bond motifs is 2. The molecule has 0 radical (unpaired) electrons. The van der Waals surface area contributed by atoms with E-state index < -0.39 is 10.0 Å². The van der Waals surface area contributed by atoms with Crippen molar-refractivity contribution in [2.24, 2.45) is 4.40 Å². The standard InChI is InChI=1S/C22H18N4O4S2/c1-26(21-15-6-2-5-9-19(15)32(28,29)25-21)13-20(27)23-12-14-10-11-17(30-14)22-24-16-7-3-4-8-18(16)31-22/h2-11H,12-13H2,1H3,(H,23,27). The Balaban J connectivity index is 1.22. The molecule has 10 heteroatoms. The first-order chi connectivity index (χ1) is 15.4. The van der Waals surface area contributed by atoms with E-state index >= 15 is 0 Å². The van der Waals surface area contributed by atoms with E-state index in [1.54, 1.807) is 42.6 Å². The molecule has 2 aromatic heterocycles. The first-order valence-corrected chi connectivity index (χ1v) is 12.0. The lowest BCUT2D eigenvalue weighted by atomic mass is 10.2. The molecule has 162 valence electrons. The van der Waals surface area contributed by atoms with Crippen LogP contribution in [0.15, 0.2) is 74.4 Å². The van der Waals surface area contributed by atoms with Gasteiger partial charge >= 0.3 is 0 Å². The lowest BCUT2D eigenvalue weighted by molar-refractivity contribution is -0.121. The van der Waals surface area contributed by atoms with Gasteiger partial charge in [-0.25, -0.2) is 4.98 Å². The number of amides is 1. The number of sulfonamides is 1. The van der Waals surface area contributed by atoms with E-state index in [1.807, 2.05) is 30.3 Å². The van der Waals surface area contributed by atoms with Crippen LogP contribution >= 0.6 is 11.3 Å². The van der Waals surface area contributed by atoms with Crippen LogP contribution < -0.4 is 5.32 Å². The van der Waals surface area contributed by atoms with Crippen LogP contribution in [0.4, 0.5) is 0 Å². The second-order valence-electron chi connectivity index (χ2n) is 7.27. The molecule has 32 heavy (non-hydrogen) atoms. The Labute approximate surface area is 188 Å². The molecule has 5 rings (SSSR count). The number of likely N-dealkylation sites (N-methyl/N-ethyl adjacent to an activating group) is 1. The average molecular weight is 467 g/mol. The zero-order valence-electron chi connectivity index (χ0n) is 17.0. The predicted octanol–water partition coefficient (Wildman–Crippen LogP) is 3.25. The van der Waals surface area contributed by atoms with E-state index in [0.717, 1.165) is 15.2 Å². The van der Waals surface area contributed by atoms with Crippen molar-refractivity contribution in [1.29, 1.82) is 0 Å². The maximum absolute atomic E-state index is 12.4. The number of furan rings is 1. The highest BCUT2D eigenvalue weighted by Gasteiger charge is 2.30. The van der Waals surface area contributed by atoms with Crippen LogP contribution in [-0.4, -0.2) is 43.6 Å². The van der Waals surface area contributed by atoms with Crippen molar-refractivity contribution in [3.05, 3.63) is 72.0 Å². The number of nitrogens with one attached hydrogen (secondary N) is 1. The zero-order valence-corrected chi connectivity index (χ0v) is 18.6. The Bertz CT molecular complexity index is 1440. The summed E-state index contributed by atoms with van der Waals surface area (Å²) >= 11 is 1.54. The highest BCUT2D eigenvalue weighted by molar-refractivity contribution is 7.90. The van der Waals surface area contributed by atoms with Gasteiger partial charge in [0.2, 0.25) is 5.91 Å². The molecule has 1 amide bonds. The maximum Gasteiger partial charge on any atom is 0.285 e. The van der Waals surface area contributed by atoms with Gasteiger partial charge in [-0.15, -0.1) is 15.7 Å². The fourth-order valence-corrected chi connectivity index (χ4v) is 5.64. The molecule has 1 aliphatic rings. The van der Waals surface area contributed by atoms with Gasteiger partial charge < -0.3 is 14.6 Å². The molecule has 0 saturated carbocycles. The first kappa shape index (κ1) is 20.4. The van der Waals surface area contributed by atoms with Crippen molar-refractivity contribution in [2.75, 3.05) is 13.6 Å². The van der Waals surface area contributed by atoms with E-state index in [-0.39, 0.29) is 29.7 Å². The van der Waals surface area contributed by atoms with Gasteiger partial charge in [0.25, 0.3) is 10.0 Å². The molecule has 0 saturated heterocycles. The van der Waals surface area contributed by atoms with Crippen LogP contribution in [0.2, 0.25) is 0 Å². The van der Waals surface area contributed by atoms with Gasteiger partial charge in [0, 0.05) is 12.6 Å². The number of hydrogen-bond acceptors (Lipinski definition) is 7. The van der Waals surface area contributed by atoms with Crippen LogP contribution in [0.25, 0.3) is 21.0 Å². The molecule has 8 nitrogen and oxygen atoms in total. The van der Waals surface area contributed by atoms with Crippen LogP contribution in [0.5, 0.6) is 0 Å². The molecule has 0 unspecified atom stereocenters. The van der Waals surface area contributed by atoms with Crippen molar-refractivity contribution in [3.8, 4) is 10.8 Å². The number of hydrogen-bond donors (Lipinski definition) is 1. The average Bonchev–Trinajstić information content (AvgIpc) is 3.48. The predicted molar refractivity (Wildman–Crippen MR) is 122 cm³/mol. The van der Waals surface area contributed by atoms with Crippen LogP contribution in [0, 0.1) is 0 Å². The van der Waals surface area contributed by atoms with Gasteiger partial charge in [-0.2, -0.15) is 8.42 Å². The minimum atomic E-state index is -3.73. The number of carbonyl (C=O) groups excluding carboxylic acids is 1. The Morgan fingerprint density at radius 3 is 2.72 bits per heavy atom. The van der Waals surface area contributed by atoms with Crippen LogP contribution in [0.3, 0.4) is 0 Å². The number of para-hydroxylation sites is 1. The highest BCUT2D eigenvalue weighted by Crippen LogP contribution is 2.31. The van der Waals surface area contributed by atoms with E-state index in [2.05, 4.69) is 14.7 Å². The lowest BCUT2D eigenvalue weighted by Gasteiger charge is -2.18. The summed E-state index contributed by atoms with van der Waals surface area (Å²) < 4.78 is 35.2. The Morgan fingerprint density at radius 1 is 1.09 bits per heavy atom. The molecule has 1 N–H and O–H groups in total. The molecule has 4 aromatic rings. The summed E-state index contributed by atoms with van der Waals surface area (Å²) in [6.45, 7) is 0.160. The van der Waals surface area contributed by atoms with Crippen molar-refractivity contribution >= 4 is 43.3 Å². The molecule has 0 bridgehead atoms.